The fourth-order valence-corrected chi connectivity index (χ4v) is 1.19. The number of methoxy groups -OCH3 is 1. The molecular weight excluding hydrogens is 205 g/mol. The molecule has 0 aromatic heterocycles. The van der Waals surface area contributed by atoms with Crippen LogP contribution in [0.15, 0.2) is 18.2 Å². The summed E-state index contributed by atoms with van der Waals surface area (Å²) in [6.07, 6.45) is 0. The van der Waals surface area contributed by atoms with Crippen LogP contribution in [0.2, 0.25) is 0 Å². The lowest BCUT2D eigenvalue weighted by atomic mass is 9.88. The Morgan fingerprint density at radius 2 is 1.94 bits per heavy atom. The van der Waals surface area contributed by atoms with Gasteiger partial charge in [-0.05, 0) is 24.5 Å². The Balaban J connectivity index is 2.88. The van der Waals surface area contributed by atoms with Gasteiger partial charge in [-0.2, -0.15) is 0 Å². The lowest BCUT2D eigenvalue weighted by Gasteiger charge is -2.29. The molecule has 90 valence electrons. The van der Waals surface area contributed by atoms with E-state index in [2.05, 4.69) is 26.1 Å². The minimum absolute atomic E-state index is 0.0789. The van der Waals surface area contributed by atoms with Gasteiger partial charge in [0.25, 0.3) is 0 Å². The SMILES string of the molecule is COc1ccc(F)c(NC(C)C(C)(C)C)c1. The Morgan fingerprint density at radius 3 is 2.44 bits per heavy atom. The minimum Gasteiger partial charge on any atom is -0.497 e. The van der Waals surface area contributed by atoms with E-state index >= 15 is 0 Å². The molecule has 0 radical (unpaired) electrons. The van der Waals surface area contributed by atoms with E-state index in [1.807, 2.05) is 6.92 Å². The highest BCUT2D eigenvalue weighted by molar-refractivity contribution is 5.50. The van der Waals surface area contributed by atoms with Crippen LogP contribution in [-0.4, -0.2) is 13.2 Å². The van der Waals surface area contributed by atoms with Crippen molar-refractivity contribution in [2.45, 2.75) is 33.7 Å². The molecule has 2 nitrogen and oxygen atoms in total. The number of hydrogen-bond acceptors (Lipinski definition) is 2. The predicted molar refractivity (Wildman–Crippen MR) is 65.5 cm³/mol. The molecule has 0 bridgehead atoms. The first kappa shape index (κ1) is 12.8. The second-order valence-electron chi connectivity index (χ2n) is 5.08. The van der Waals surface area contributed by atoms with Crippen LogP contribution >= 0.6 is 0 Å². The van der Waals surface area contributed by atoms with Crippen molar-refractivity contribution in [3.63, 3.8) is 0 Å². The van der Waals surface area contributed by atoms with Gasteiger partial charge in [0, 0.05) is 12.1 Å². The molecule has 16 heavy (non-hydrogen) atoms. The van der Waals surface area contributed by atoms with Gasteiger partial charge in [0.1, 0.15) is 11.6 Å². The zero-order valence-corrected chi connectivity index (χ0v) is 10.6. The van der Waals surface area contributed by atoms with Crippen molar-refractivity contribution in [2.75, 3.05) is 12.4 Å². The second kappa shape index (κ2) is 4.73. The average Bonchev–Trinajstić information content (AvgIpc) is 2.19. The van der Waals surface area contributed by atoms with Crippen molar-refractivity contribution < 1.29 is 9.13 Å². The maximum absolute atomic E-state index is 13.5. The highest BCUT2D eigenvalue weighted by atomic mass is 19.1. The molecule has 1 aromatic rings. The summed E-state index contributed by atoms with van der Waals surface area (Å²) in [5.41, 5.74) is 0.567. The van der Waals surface area contributed by atoms with Gasteiger partial charge in [-0.1, -0.05) is 20.8 Å². The Hall–Kier alpha value is -1.25. The van der Waals surface area contributed by atoms with Crippen LogP contribution in [-0.2, 0) is 0 Å². The largest absolute Gasteiger partial charge is 0.497 e. The molecule has 0 spiro atoms. The third-order valence-electron chi connectivity index (χ3n) is 2.84. The predicted octanol–water partition coefficient (Wildman–Crippen LogP) is 3.68. The van der Waals surface area contributed by atoms with Gasteiger partial charge in [-0.3, -0.25) is 0 Å². The van der Waals surface area contributed by atoms with Gasteiger partial charge in [-0.15, -0.1) is 0 Å². The van der Waals surface area contributed by atoms with E-state index in [0.29, 0.717) is 11.4 Å². The molecule has 0 fully saturated rings. The summed E-state index contributed by atoms with van der Waals surface area (Å²) in [5.74, 6) is 0.405. The molecule has 3 heteroatoms. The Kier molecular flexibility index (Phi) is 3.79. The average molecular weight is 225 g/mol. The first-order valence-electron chi connectivity index (χ1n) is 5.44. The number of hydrogen-bond donors (Lipinski definition) is 1. The highest BCUT2D eigenvalue weighted by Gasteiger charge is 2.20. The van der Waals surface area contributed by atoms with Crippen molar-refractivity contribution in [1.82, 2.24) is 0 Å². The molecular formula is C13H20FNO. The molecule has 0 saturated heterocycles. The van der Waals surface area contributed by atoms with Crippen molar-refractivity contribution in [1.29, 1.82) is 0 Å². The quantitative estimate of drug-likeness (QED) is 0.847. The molecule has 0 aliphatic heterocycles. The minimum atomic E-state index is -0.253. The molecule has 1 rings (SSSR count). The van der Waals surface area contributed by atoms with Gasteiger partial charge < -0.3 is 10.1 Å². The molecule has 0 aliphatic rings. The normalized spacial score (nSPS) is 13.4. The Morgan fingerprint density at radius 1 is 1.31 bits per heavy atom. The number of benzene rings is 1. The number of halogens is 1. The third-order valence-corrected chi connectivity index (χ3v) is 2.84. The summed E-state index contributed by atoms with van der Waals surface area (Å²) in [7, 11) is 1.57. The molecule has 1 aromatic carbocycles. The van der Waals surface area contributed by atoms with Crippen LogP contribution in [0, 0.1) is 11.2 Å². The maximum atomic E-state index is 13.5. The summed E-state index contributed by atoms with van der Waals surface area (Å²) < 4.78 is 18.6. The van der Waals surface area contributed by atoms with E-state index in [-0.39, 0.29) is 17.3 Å². The maximum Gasteiger partial charge on any atom is 0.146 e. The van der Waals surface area contributed by atoms with Gasteiger partial charge in [0.05, 0.1) is 12.8 Å². The fourth-order valence-electron chi connectivity index (χ4n) is 1.19. The highest BCUT2D eigenvalue weighted by Crippen LogP contribution is 2.26. The Bertz CT molecular complexity index is 357. The van der Waals surface area contributed by atoms with E-state index in [9.17, 15) is 4.39 Å². The topological polar surface area (TPSA) is 21.3 Å². The van der Waals surface area contributed by atoms with Crippen LogP contribution in [0.25, 0.3) is 0 Å². The third kappa shape index (κ3) is 3.12. The Labute approximate surface area is 96.8 Å². The van der Waals surface area contributed by atoms with Gasteiger partial charge in [-0.25, -0.2) is 4.39 Å². The first-order valence-corrected chi connectivity index (χ1v) is 5.44. The van der Waals surface area contributed by atoms with Crippen LogP contribution in [0.1, 0.15) is 27.7 Å². The summed E-state index contributed by atoms with van der Waals surface area (Å²) in [6, 6.07) is 4.88. The van der Waals surface area contributed by atoms with Gasteiger partial charge >= 0.3 is 0 Å². The lowest BCUT2D eigenvalue weighted by molar-refractivity contribution is 0.358. The van der Waals surface area contributed by atoms with Gasteiger partial charge in [0.15, 0.2) is 0 Å². The summed E-state index contributed by atoms with van der Waals surface area (Å²) in [6.45, 7) is 8.38. The van der Waals surface area contributed by atoms with E-state index < -0.39 is 0 Å². The van der Waals surface area contributed by atoms with E-state index in [0.717, 1.165) is 0 Å². The zero-order valence-electron chi connectivity index (χ0n) is 10.6. The van der Waals surface area contributed by atoms with Gasteiger partial charge in [0.2, 0.25) is 0 Å². The van der Waals surface area contributed by atoms with E-state index in [1.54, 1.807) is 19.2 Å². The van der Waals surface area contributed by atoms with Crippen LogP contribution in [0.5, 0.6) is 5.75 Å². The summed E-state index contributed by atoms with van der Waals surface area (Å²) >= 11 is 0. The molecule has 1 N–H and O–H groups in total. The monoisotopic (exact) mass is 225 g/mol. The molecule has 0 heterocycles. The summed E-state index contributed by atoms with van der Waals surface area (Å²) in [4.78, 5) is 0. The molecule has 0 amide bonds. The fraction of sp³-hybridized carbons (Fsp3) is 0.538. The number of ether oxygens (including phenoxy) is 1. The van der Waals surface area contributed by atoms with Crippen molar-refractivity contribution in [3.05, 3.63) is 24.0 Å². The molecule has 1 unspecified atom stereocenters. The zero-order chi connectivity index (χ0) is 12.3. The lowest BCUT2D eigenvalue weighted by Crippen LogP contribution is -2.31. The van der Waals surface area contributed by atoms with Crippen molar-refractivity contribution in [2.24, 2.45) is 5.41 Å². The van der Waals surface area contributed by atoms with E-state index in [1.165, 1.54) is 6.07 Å². The van der Waals surface area contributed by atoms with Crippen molar-refractivity contribution in [3.8, 4) is 5.75 Å². The van der Waals surface area contributed by atoms with Crippen LogP contribution < -0.4 is 10.1 Å². The first-order chi connectivity index (χ1) is 7.34. The number of anilines is 1. The van der Waals surface area contributed by atoms with Crippen LogP contribution in [0.4, 0.5) is 10.1 Å². The summed E-state index contributed by atoms with van der Waals surface area (Å²) in [5, 5.41) is 3.17. The van der Waals surface area contributed by atoms with Crippen LogP contribution in [0.3, 0.4) is 0 Å². The number of nitrogens with one attached hydrogen (secondary N) is 1. The second-order valence-corrected chi connectivity index (χ2v) is 5.08. The number of rotatable bonds is 3. The molecule has 0 aliphatic carbocycles. The molecule has 0 saturated carbocycles. The smallest absolute Gasteiger partial charge is 0.146 e. The standard InChI is InChI=1S/C13H20FNO/c1-9(13(2,3)4)15-12-8-10(16-5)6-7-11(12)14/h6-9,15H,1-5H3. The molecule has 1 atom stereocenters. The van der Waals surface area contributed by atoms with E-state index in [4.69, 9.17) is 4.74 Å². The van der Waals surface area contributed by atoms with Crippen molar-refractivity contribution >= 4 is 5.69 Å².